The minimum Gasteiger partial charge on any atom is -0.490 e. The summed E-state index contributed by atoms with van der Waals surface area (Å²) in [6.07, 6.45) is 1.76. The second-order valence-corrected chi connectivity index (χ2v) is 14.0. The number of ether oxygens (including phenoxy) is 1. The van der Waals surface area contributed by atoms with Crippen LogP contribution in [0, 0.1) is 20.8 Å². The van der Waals surface area contributed by atoms with Gasteiger partial charge in [0.2, 0.25) is 0 Å². The van der Waals surface area contributed by atoms with Gasteiger partial charge in [-0.3, -0.25) is 9.45 Å². The van der Waals surface area contributed by atoms with Crippen molar-refractivity contribution in [3.63, 3.8) is 0 Å². The Kier molecular flexibility index (Phi) is 9.58. The normalized spacial score (nSPS) is 18.4. The number of aliphatic hydroxyl groups is 1. The molecule has 3 atom stereocenters. The number of aromatic nitrogens is 1. The Hall–Kier alpha value is -3.21. The molecule has 2 aromatic heterocycles. The smallest absolute Gasteiger partial charge is 0.294 e. The van der Waals surface area contributed by atoms with E-state index in [4.69, 9.17) is 9.29 Å². The van der Waals surface area contributed by atoms with Gasteiger partial charge < -0.3 is 14.8 Å². The van der Waals surface area contributed by atoms with E-state index < -0.39 is 16.2 Å². The lowest BCUT2D eigenvalue weighted by Gasteiger charge is -2.38. The molecular formula is C34H40N2O5S2. The Labute approximate surface area is 257 Å². The summed E-state index contributed by atoms with van der Waals surface area (Å²) in [5, 5.41) is 15.4. The number of fused-ring (bicyclic) bond motifs is 2. The van der Waals surface area contributed by atoms with Crippen LogP contribution in [0.2, 0.25) is 0 Å². The Balaban J connectivity index is 0.000000283. The van der Waals surface area contributed by atoms with Crippen molar-refractivity contribution in [1.29, 1.82) is 0 Å². The Morgan fingerprint density at radius 1 is 1.05 bits per heavy atom. The maximum absolute atomic E-state index is 10.7. The molecule has 9 heteroatoms. The highest BCUT2D eigenvalue weighted by Gasteiger charge is 2.28. The number of aromatic amines is 1. The SMILES string of the molecule is Cc1cc2c(OC[C@@H](O)CN3CC[C@@H](c4ccc5scc(C)c5c4)C[C@@H]3C)cccc2[nH]1.Cc1ccc(S(=O)(=O)O)cc1. The summed E-state index contributed by atoms with van der Waals surface area (Å²) >= 11 is 1.83. The van der Waals surface area contributed by atoms with Gasteiger partial charge >= 0.3 is 0 Å². The van der Waals surface area contributed by atoms with Crippen LogP contribution in [-0.2, 0) is 10.1 Å². The van der Waals surface area contributed by atoms with E-state index in [1.165, 1.54) is 33.3 Å². The van der Waals surface area contributed by atoms with Crippen LogP contribution in [0.5, 0.6) is 5.75 Å². The summed E-state index contributed by atoms with van der Waals surface area (Å²) in [4.78, 5) is 5.69. The van der Waals surface area contributed by atoms with Crippen LogP contribution < -0.4 is 4.74 Å². The van der Waals surface area contributed by atoms with E-state index in [1.807, 2.05) is 37.3 Å². The third-order valence-electron chi connectivity index (χ3n) is 8.23. The summed E-state index contributed by atoms with van der Waals surface area (Å²) in [5.74, 6) is 1.42. The molecule has 1 fully saturated rings. The highest BCUT2D eigenvalue weighted by Crippen LogP contribution is 2.35. The average molecular weight is 621 g/mol. The molecule has 0 unspecified atom stereocenters. The maximum atomic E-state index is 10.7. The summed E-state index contributed by atoms with van der Waals surface area (Å²) in [7, 11) is -4.02. The van der Waals surface area contributed by atoms with Gasteiger partial charge in [-0.15, -0.1) is 11.3 Å². The van der Waals surface area contributed by atoms with Crippen molar-refractivity contribution in [3.8, 4) is 5.75 Å². The predicted octanol–water partition coefficient (Wildman–Crippen LogP) is 7.25. The second-order valence-electron chi connectivity index (χ2n) is 11.7. The molecule has 6 rings (SSSR count). The first-order valence-electron chi connectivity index (χ1n) is 14.6. The molecule has 0 bridgehead atoms. The lowest BCUT2D eigenvalue weighted by atomic mass is 9.85. The molecule has 5 aromatic rings. The summed E-state index contributed by atoms with van der Waals surface area (Å²) in [6.45, 7) is 10.3. The zero-order valence-corrected chi connectivity index (χ0v) is 26.7. The molecule has 0 spiro atoms. The quantitative estimate of drug-likeness (QED) is 0.166. The van der Waals surface area contributed by atoms with Crippen LogP contribution in [0.25, 0.3) is 21.0 Å². The minimum atomic E-state index is -4.02. The lowest BCUT2D eigenvalue weighted by Crippen LogP contribution is -2.45. The topological polar surface area (TPSA) is 103 Å². The van der Waals surface area contributed by atoms with Crippen molar-refractivity contribution in [1.82, 2.24) is 9.88 Å². The van der Waals surface area contributed by atoms with Gasteiger partial charge in [0.05, 0.1) is 4.90 Å². The van der Waals surface area contributed by atoms with Crippen molar-refractivity contribution >= 4 is 42.4 Å². The van der Waals surface area contributed by atoms with Gasteiger partial charge in [0, 0.05) is 33.9 Å². The van der Waals surface area contributed by atoms with Gasteiger partial charge in [0.25, 0.3) is 10.1 Å². The fourth-order valence-electron chi connectivity index (χ4n) is 5.83. The molecule has 1 aliphatic heterocycles. The number of hydrogen-bond donors (Lipinski definition) is 3. The standard InChI is InChI=1S/C27H32N2O2S.C7H8O3S/c1-17-16-32-27-8-7-20(13-23(17)27)21-9-10-29(19(3)12-21)14-22(30)15-31-26-6-4-5-25-24(26)11-18(2)28-25;1-6-2-4-7(5-3-6)11(8,9)10/h4-8,11,13,16,19,21-22,28,30H,9-10,12,14-15H2,1-3H3;2-5H,1H3,(H,8,9,10)/t19-,21+,22-;/m0./s1. The largest absolute Gasteiger partial charge is 0.490 e. The van der Waals surface area contributed by atoms with E-state index in [1.54, 1.807) is 12.1 Å². The molecule has 0 amide bonds. The molecule has 0 radical (unpaired) electrons. The van der Waals surface area contributed by atoms with Crippen molar-refractivity contribution in [2.45, 2.75) is 63.5 Å². The van der Waals surface area contributed by atoms with Gasteiger partial charge in [-0.2, -0.15) is 8.42 Å². The second kappa shape index (κ2) is 13.2. The number of β-amino-alcohol motifs (C(OH)–C–C–N with tert-alkyl or cyclic N) is 1. The van der Waals surface area contributed by atoms with E-state index in [0.29, 0.717) is 25.1 Å². The lowest BCUT2D eigenvalue weighted by molar-refractivity contribution is 0.0406. The van der Waals surface area contributed by atoms with Crippen LogP contribution in [0.1, 0.15) is 48.1 Å². The van der Waals surface area contributed by atoms with Crippen molar-refractivity contribution in [2.75, 3.05) is 19.7 Å². The number of nitrogens with one attached hydrogen (secondary N) is 1. The van der Waals surface area contributed by atoms with E-state index in [0.717, 1.165) is 47.3 Å². The highest BCUT2D eigenvalue weighted by molar-refractivity contribution is 7.85. The van der Waals surface area contributed by atoms with Crippen LogP contribution in [-0.4, -0.2) is 59.8 Å². The Morgan fingerprint density at radius 2 is 1.81 bits per heavy atom. The van der Waals surface area contributed by atoms with Crippen LogP contribution in [0.3, 0.4) is 0 Å². The fraction of sp³-hybridized carbons (Fsp3) is 0.353. The molecule has 0 saturated carbocycles. The minimum absolute atomic E-state index is 0.0666. The van der Waals surface area contributed by atoms with Crippen molar-refractivity contribution < 1.29 is 22.8 Å². The van der Waals surface area contributed by atoms with E-state index in [-0.39, 0.29) is 4.90 Å². The maximum Gasteiger partial charge on any atom is 0.294 e. The number of hydrogen-bond acceptors (Lipinski definition) is 6. The molecule has 43 heavy (non-hydrogen) atoms. The van der Waals surface area contributed by atoms with E-state index >= 15 is 0 Å². The molecule has 1 aliphatic rings. The third kappa shape index (κ3) is 7.66. The molecular weight excluding hydrogens is 581 g/mol. The summed E-state index contributed by atoms with van der Waals surface area (Å²) in [5.41, 5.74) is 5.98. The Bertz CT molecular complexity index is 1790. The highest BCUT2D eigenvalue weighted by atomic mass is 32.2. The van der Waals surface area contributed by atoms with Crippen molar-refractivity contribution in [3.05, 3.63) is 94.5 Å². The number of nitrogens with zero attached hydrogens (tertiary/aromatic N) is 1. The van der Waals surface area contributed by atoms with Gasteiger partial charge in [-0.1, -0.05) is 29.8 Å². The number of H-pyrrole nitrogens is 1. The molecule has 228 valence electrons. The first-order valence-corrected chi connectivity index (χ1v) is 16.9. The average Bonchev–Trinajstić information content (AvgIpc) is 3.54. The van der Waals surface area contributed by atoms with Crippen LogP contribution >= 0.6 is 11.3 Å². The number of aryl methyl sites for hydroxylation is 3. The predicted molar refractivity (Wildman–Crippen MR) is 175 cm³/mol. The van der Waals surface area contributed by atoms with E-state index in [9.17, 15) is 13.5 Å². The van der Waals surface area contributed by atoms with Gasteiger partial charge in [-0.05, 0) is 117 Å². The van der Waals surface area contributed by atoms with Crippen LogP contribution in [0.4, 0.5) is 0 Å². The van der Waals surface area contributed by atoms with Crippen molar-refractivity contribution in [2.24, 2.45) is 0 Å². The Morgan fingerprint density at radius 3 is 2.53 bits per heavy atom. The molecule has 7 nitrogen and oxygen atoms in total. The summed E-state index contributed by atoms with van der Waals surface area (Å²) < 4.78 is 36.9. The monoisotopic (exact) mass is 620 g/mol. The number of rotatable bonds is 7. The van der Waals surface area contributed by atoms with Crippen LogP contribution in [0.15, 0.2) is 77.0 Å². The first-order chi connectivity index (χ1) is 20.5. The molecule has 1 saturated heterocycles. The van der Waals surface area contributed by atoms with Gasteiger partial charge in [-0.25, -0.2) is 0 Å². The first kappa shape index (κ1) is 31.2. The molecule has 3 aromatic carbocycles. The third-order valence-corrected chi connectivity index (χ3v) is 10.2. The zero-order chi connectivity index (χ0) is 30.7. The molecule has 0 aliphatic carbocycles. The fourth-order valence-corrected chi connectivity index (χ4v) is 7.24. The van der Waals surface area contributed by atoms with Gasteiger partial charge in [0.1, 0.15) is 18.5 Å². The molecule has 3 N–H and O–H groups in total. The number of aliphatic hydroxyl groups excluding tert-OH is 1. The van der Waals surface area contributed by atoms with E-state index in [2.05, 4.69) is 59.4 Å². The van der Waals surface area contributed by atoms with Gasteiger partial charge in [0.15, 0.2) is 0 Å². The summed E-state index contributed by atoms with van der Waals surface area (Å²) in [6, 6.07) is 21.5. The molecule has 3 heterocycles. The zero-order valence-electron chi connectivity index (χ0n) is 25.1. The number of benzene rings is 3. The number of thiophene rings is 1. The number of likely N-dealkylation sites (tertiary alicyclic amines) is 1. The number of piperidine rings is 1.